The minimum absolute atomic E-state index is 0.0670. The quantitative estimate of drug-likeness (QED) is 0.848. The predicted octanol–water partition coefficient (Wildman–Crippen LogP) is 2.68. The summed E-state index contributed by atoms with van der Waals surface area (Å²) in [4.78, 5) is 18.0. The Morgan fingerprint density at radius 1 is 1.21 bits per heavy atom. The second-order valence-corrected chi connectivity index (χ2v) is 4.25. The van der Waals surface area contributed by atoms with Gasteiger partial charge in [0.1, 0.15) is 5.75 Å². The number of anilines is 1. The lowest BCUT2D eigenvalue weighted by molar-refractivity contribution is 0.0992. The Kier molecular flexibility index (Phi) is 3.80. The van der Waals surface area contributed by atoms with Gasteiger partial charge in [-0.05, 0) is 36.8 Å². The molecule has 2 aromatic rings. The highest BCUT2D eigenvalue weighted by Crippen LogP contribution is 2.20. The van der Waals surface area contributed by atoms with E-state index < -0.39 is 0 Å². The minimum Gasteiger partial charge on any atom is -0.497 e. The van der Waals surface area contributed by atoms with Gasteiger partial charge < -0.3 is 9.64 Å². The number of benzene rings is 1. The van der Waals surface area contributed by atoms with Crippen LogP contribution >= 0.6 is 0 Å². The van der Waals surface area contributed by atoms with Crippen molar-refractivity contribution in [1.82, 2.24) is 4.98 Å². The zero-order chi connectivity index (χ0) is 13.8. The molecule has 0 aliphatic heterocycles. The van der Waals surface area contributed by atoms with Crippen molar-refractivity contribution in [1.29, 1.82) is 0 Å². The first-order valence-electron chi connectivity index (χ1n) is 5.96. The molecule has 1 amide bonds. The van der Waals surface area contributed by atoms with E-state index in [1.165, 1.54) is 0 Å². The van der Waals surface area contributed by atoms with Crippen LogP contribution < -0.4 is 9.64 Å². The van der Waals surface area contributed by atoms with E-state index in [4.69, 9.17) is 4.74 Å². The fourth-order valence-corrected chi connectivity index (χ4v) is 1.82. The average molecular weight is 256 g/mol. The smallest absolute Gasteiger partial charge is 0.258 e. The van der Waals surface area contributed by atoms with Crippen molar-refractivity contribution >= 4 is 11.6 Å². The third-order valence-electron chi connectivity index (χ3n) is 3.03. The summed E-state index contributed by atoms with van der Waals surface area (Å²) in [6, 6.07) is 9.08. The summed E-state index contributed by atoms with van der Waals surface area (Å²) >= 11 is 0. The molecule has 0 aliphatic carbocycles. The fraction of sp³-hybridized carbons (Fsp3) is 0.200. The first-order chi connectivity index (χ1) is 9.13. The molecule has 0 saturated carbocycles. The lowest BCUT2D eigenvalue weighted by Crippen LogP contribution is -2.26. The highest BCUT2D eigenvalue weighted by atomic mass is 16.5. The SMILES string of the molecule is COc1ccc(C)c(C(=O)N(C)c2ccncc2)c1. The number of ether oxygens (including phenoxy) is 1. The molecule has 0 N–H and O–H groups in total. The van der Waals surface area contributed by atoms with Crippen molar-refractivity contribution in [3.63, 3.8) is 0 Å². The molecule has 0 spiro atoms. The van der Waals surface area contributed by atoms with Crippen molar-refractivity contribution in [2.45, 2.75) is 6.92 Å². The van der Waals surface area contributed by atoms with E-state index >= 15 is 0 Å². The van der Waals surface area contributed by atoms with Gasteiger partial charge in [0.2, 0.25) is 0 Å². The topological polar surface area (TPSA) is 42.4 Å². The van der Waals surface area contributed by atoms with E-state index in [0.717, 1.165) is 11.3 Å². The van der Waals surface area contributed by atoms with Crippen LogP contribution in [-0.2, 0) is 0 Å². The maximum atomic E-state index is 12.5. The van der Waals surface area contributed by atoms with Crippen LogP contribution in [0.2, 0.25) is 0 Å². The first-order valence-corrected chi connectivity index (χ1v) is 5.96. The molecule has 98 valence electrons. The second-order valence-electron chi connectivity index (χ2n) is 4.25. The number of pyridine rings is 1. The lowest BCUT2D eigenvalue weighted by atomic mass is 10.1. The van der Waals surface area contributed by atoms with Gasteiger partial charge in [0.05, 0.1) is 7.11 Å². The number of carbonyl (C=O) groups is 1. The molecule has 1 aromatic heterocycles. The van der Waals surface area contributed by atoms with Crippen molar-refractivity contribution < 1.29 is 9.53 Å². The summed E-state index contributed by atoms with van der Waals surface area (Å²) in [6.07, 6.45) is 3.33. The van der Waals surface area contributed by atoms with Crippen LogP contribution in [0.25, 0.3) is 0 Å². The molecule has 0 fully saturated rings. The van der Waals surface area contributed by atoms with Crippen LogP contribution in [0.3, 0.4) is 0 Å². The van der Waals surface area contributed by atoms with E-state index in [9.17, 15) is 4.79 Å². The molecule has 0 bridgehead atoms. The van der Waals surface area contributed by atoms with Gasteiger partial charge in [-0.15, -0.1) is 0 Å². The van der Waals surface area contributed by atoms with Crippen molar-refractivity contribution in [3.8, 4) is 5.75 Å². The normalized spacial score (nSPS) is 10.1. The third kappa shape index (κ3) is 2.73. The number of rotatable bonds is 3. The molecule has 19 heavy (non-hydrogen) atoms. The molecule has 0 saturated heterocycles. The zero-order valence-electron chi connectivity index (χ0n) is 11.3. The zero-order valence-corrected chi connectivity index (χ0v) is 11.3. The summed E-state index contributed by atoms with van der Waals surface area (Å²) in [5.41, 5.74) is 2.37. The van der Waals surface area contributed by atoms with Crippen LogP contribution in [0.1, 0.15) is 15.9 Å². The lowest BCUT2D eigenvalue weighted by Gasteiger charge is -2.18. The predicted molar refractivity (Wildman–Crippen MR) is 74.7 cm³/mol. The number of hydrogen-bond donors (Lipinski definition) is 0. The van der Waals surface area contributed by atoms with Crippen LogP contribution in [0.4, 0.5) is 5.69 Å². The number of amides is 1. The van der Waals surface area contributed by atoms with Crippen LogP contribution in [0.15, 0.2) is 42.7 Å². The van der Waals surface area contributed by atoms with Crippen molar-refractivity contribution in [3.05, 3.63) is 53.9 Å². The summed E-state index contributed by atoms with van der Waals surface area (Å²) in [6.45, 7) is 1.91. The molecular weight excluding hydrogens is 240 g/mol. The van der Waals surface area contributed by atoms with E-state index in [2.05, 4.69) is 4.98 Å². The molecule has 4 nitrogen and oxygen atoms in total. The van der Waals surface area contributed by atoms with E-state index in [0.29, 0.717) is 11.3 Å². The Balaban J connectivity index is 2.34. The molecule has 0 radical (unpaired) electrons. The van der Waals surface area contributed by atoms with Crippen LogP contribution in [0, 0.1) is 6.92 Å². The molecule has 0 atom stereocenters. The highest BCUT2D eigenvalue weighted by molar-refractivity contribution is 6.06. The van der Waals surface area contributed by atoms with Crippen LogP contribution in [0.5, 0.6) is 5.75 Å². The maximum Gasteiger partial charge on any atom is 0.258 e. The number of hydrogen-bond acceptors (Lipinski definition) is 3. The Bertz CT molecular complexity index is 582. The van der Waals surface area contributed by atoms with Gasteiger partial charge in [-0.3, -0.25) is 9.78 Å². The summed E-state index contributed by atoms with van der Waals surface area (Å²) in [7, 11) is 3.34. The Morgan fingerprint density at radius 2 is 1.89 bits per heavy atom. The Labute approximate surface area is 112 Å². The van der Waals surface area contributed by atoms with Crippen molar-refractivity contribution in [2.75, 3.05) is 19.1 Å². The van der Waals surface area contributed by atoms with Gasteiger partial charge in [-0.2, -0.15) is 0 Å². The van der Waals surface area contributed by atoms with Gasteiger partial charge >= 0.3 is 0 Å². The average Bonchev–Trinajstić information content (AvgIpc) is 2.47. The van der Waals surface area contributed by atoms with Gasteiger partial charge in [0.15, 0.2) is 0 Å². The molecule has 2 rings (SSSR count). The number of methoxy groups -OCH3 is 1. The van der Waals surface area contributed by atoms with E-state index in [1.807, 2.05) is 19.1 Å². The summed E-state index contributed by atoms with van der Waals surface area (Å²) < 4.78 is 5.16. The number of aryl methyl sites for hydroxylation is 1. The number of aromatic nitrogens is 1. The maximum absolute atomic E-state index is 12.5. The molecule has 0 aliphatic rings. The van der Waals surface area contributed by atoms with Gasteiger partial charge in [-0.1, -0.05) is 6.07 Å². The van der Waals surface area contributed by atoms with E-state index in [-0.39, 0.29) is 5.91 Å². The molecule has 1 heterocycles. The fourth-order valence-electron chi connectivity index (χ4n) is 1.82. The molecule has 0 unspecified atom stereocenters. The molecular formula is C15H16N2O2. The minimum atomic E-state index is -0.0670. The Morgan fingerprint density at radius 3 is 2.53 bits per heavy atom. The highest BCUT2D eigenvalue weighted by Gasteiger charge is 2.16. The molecule has 1 aromatic carbocycles. The summed E-state index contributed by atoms with van der Waals surface area (Å²) in [5, 5.41) is 0. The Hall–Kier alpha value is -2.36. The van der Waals surface area contributed by atoms with Gasteiger partial charge in [0.25, 0.3) is 5.91 Å². The molecule has 4 heteroatoms. The monoisotopic (exact) mass is 256 g/mol. The number of nitrogens with zero attached hydrogens (tertiary/aromatic N) is 2. The first kappa shape index (κ1) is 13.1. The standard InChI is InChI=1S/C15H16N2O2/c1-11-4-5-13(19-3)10-14(11)15(18)17(2)12-6-8-16-9-7-12/h4-10H,1-3H3. The van der Waals surface area contributed by atoms with Gasteiger partial charge in [-0.25, -0.2) is 0 Å². The second kappa shape index (κ2) is 5.52. The van der Waals surface area contributed by atoms with Gasteiger partial charge in [0, 0.05) is 30.7 Å². The third-order valence-corrected chi connectivity index (χ3v) is 3.03. The summed E-state index contributed by atoms with van der Waals surface area (Å²) in [5.74, 6) is 0.611. The number of carbonyl (C=O) groups excluding carboxylic acids is 1. The van der Waals surface area contributed by atoms with Crippen LogP contribution in [-0.4, -0.2) is 25.0 Å². The largest absolute Gasteiger partial charge is 0.497 e. The van der Waals surface area contributed by atoms with E-state index in [1.54, 1.807) is 49.7 Å². The van der Waals surface area contributed by atoms with Crippen molar-refractivity contribution in [2.24, 2.45) is 0 Å².